The summed E-state index contributed by atoms with van der Waals surface area (Å²) in [5.74, 6) is -0.0778. The molecule has 0 aromatic heterocycles. The molecule has 3 aromatic carbocycles. The minimum atomic E-state index is -1.13. The number of carbonyl (C=O) groups is 2. The SMILES string of the molecule is Cc1cc(C)cc(NC(=O)C(OC(=O)C2COc3ccccc3O2)c2ccccc2)c1. The fourth-order valence-electron chi connectivity index (χ4n) is 3.48. The molecule has 0 bridgehead atoms. The molecule has 0 spiro atoms. The van der Waals surface area contributed by atoms with E-state index in [4.69, 9.17) is 14.2 Å². The Morgan fingerprint density at radius 1 is 0.935 bits per heavy atom. The zero-order valence-electron chi connectivity index (χ0n) is 17.3. The van der Waals surface area contributed by atoms with Gasteiger partial charge in [0.25, 0.3) is 5.91 Å². The second-order valence-electron chi connectivity index (χ2n) is 7.46. The lowest BCUT2D eigenvalue weighted by atomic mass is 10.1. The predicted molar refractivity (Wildman–Crippen MR) is 116 cm³/mol. The Hall–Kier alpha value is -3.80. The number of amides is 1. The Bertz CT molecular complexity index is 1080. The van der Waals surface area contributed by atoms with Crippen molar-refractivity contribution in [1.82, 2.24) is 0 Å². The lowest BCUT2D eigenvalue weighted by Gasteiger charge is -2.26. The van der Waals surface area contributed by atoms with Crippen molar-refractivity contribution in [2.75, 3.05) is 11.9 Å². The fraction of sp³-hybridized carbons (Fsp3) is 0.200. The van der Waals surface area contributed by atoms with Crippen LogP contribution in [-0.2, 0) is 14.3 Å². The highest BCUT2D eigenvalue weighted by molar-refractivity contribution is 5.96. The highest BCUT2D eigenvalue weighted by atomic mass is 16.6. The molecular weight excluding hydrogens is 394 g/mol. The molecule has 1 aliphatic heterocycles. The van der Waals surface area contributed by atoms with Gasteiger partial charge in [0.1, 0.15) is 6.61 Å². The Kier molecular flexibility index (Phi) is 5.89. The second kappa shape index (κ2) is 8.92. The van der Waals surface area contributed by atoms with Gasteiger partial charge in [0, 0.05) is 11.3 Å². The third-order valence-corrected chi connectivity index (χ3v) is 4.84. The van der Waals surface area contributed by atoms with E-state index < -0.39 is 24.1 Å². The number of benzene rings is 3. The molecule has 1 N–H and O–H groups in total. The average molecular weight is 417 g/mol. The van der Waals surface area contributed by atoms with E-state index in [1.54, 1.807) is 42.5 Å². The first-order chi connectivity index (χ1) is 15.0. The number of nitrogens with one attached hydrogen (secondary N) is 1. The van der Waals surface area contributed by atoms with Crippen molar-refractivity contribution >= 4 is 17.6 Å². The fourth-order valence-corrected chi connectivity index (χ4v) is 3.48. The average Bonchev–Trinajstić information content (AvgIpc) is 2.76. The Balaban J connectivity index is 1.53. The van der Waals surface area contributed by atoms with Crippen LogP contribution in [0.25, 0.3) is 0 Å². The van der Waals surface area contributed by atoms with Gasteiger partial charge in [-0.15, -0.1) is 0 Å². The first-order valence-electron chi connectivity index (χ1n) is 10.0. The van der Waals surface area contributed by atoms with Crippen LogP contribution < -0.4 is 14.8 Å². The first kappa shape index (κ1) is 20.5. The summed E-state index contributed by atoms with van der Waals surface area (Å²) in [5.41, 5.74) is 3.26. The smallest absolute Gasteiger partial charge is 0.352 e. The maximum Gasteiger partial charge on any atom is 0.352 e. The number of fused-ring (bicyclic) bond motifs is 1. The summed E-state index contributed by atoms with van der Waals surface area (Å²) in [6.45, 7) is 3.92. The molecule has 1 amide bonds. The summed E-state index contributed by atoms with van der Waals surface area (Å²) in [5, 5.41) is 2.86. The van der Waals surface area contributed by atoms with E-state index in [9.17, 15) is 9.59 Å². The predicted octanol–water partition coefficient (Wildman–Crippen LogP) is 4.37. The molecule has 1 aliphatic rings. The number of aryl methyl sites for hydroxylation is 2. The molecule has 0 saturated heterocycles. The van der Waals surface area contributed by atoms with Gasteiger partial charge in [0.15, 0.2) is 11.5 Å². The van der Waals surface area contributed by atoms with Crippen molar-refractivity contribution in [3.8, 4) is 11.5 Å². The highest BCUT2D eigenvalue weighted by Gasteiger charge is 2.33. The zero-order valence-corrected chi connectivity index (χ0v) is 17.3. The minimum absolute atomic E-state index is 0.00997. The molecule has 0 saturated carbocycles. The molecule has 4 rings (SSSR count). The highest BCUT2D eigenvalue weighted by Crippen LogP contribution is 2.32. The van der Waals surface area contributed by atoms with Crippen molar-refractivity contribution in [2.45, 2.75) is 26.1 Å². The van der Waals surface area contributed by atoms with Crippen LogP contribution in [-0.4, -0.2) is 24.6 Å². The molecule has 0 fully saturated rings. The van der Waals surface area contributed by atoms with Crippen molar-refractivity contribution in [3.63, 3.8) is 0 Å². The van der Waals surface area contributed by atoms with Crippen LogP contribution in [0, 0.1) is 13.8 Å². The summed E-state index contributed by atoms with van der Waals surface area (Å²) in [4.78, 5) is 25.9. The number of esters is 1. The number of carbonyl (C=O) groups excluding carboxylic acids is 2. The van der Waals surface area contributed by atoms with E-state index in [0.717, 1.165) is 11.1 Å². The molecule has 0 aliphatic carbocycles. The van der Waals surface area contributed by atoms with Crippen molar-refractivity contribution in [1.29, 1.82) is 0 Å². The van der Waals surface area contributed by atoms with Gasteiger partial charge in [0.2, 0.25) is 12.2 Å². The summed E-state index contributed by atoms with van der Waals surface area (Å²) in [6, 6.07) is 21.7. The van der Waals surface area contributed by atoms with Crippen molar-refractivity contribution < 1.29 is 23.8 Å². The van der Waals surface area contributed by atoms with Gasteiger partial charge in [-0.1, -0.05) is 48.5 Å². The van der Waals surface area contributed by atoms with Gasteiger partial charge in [-0.2, -0.15) is 0 Å². The Morgan fingerprint density at radius 2 is 1.58 bits per heavy atom. The zero-order chi connectivity index (χ0) is 21.8. The number of hydrogen-bond donors (Lipinski definition) is 1. The van der Waals surface area contributed by atoms with E-state index in [2.05, 4.69) is 5.32 Å². The molecule has 6 heteroatoms. The minimum Gasteiger partial charge on any atom is -0.485 e. The topological polar surface area (TPSA) is 73.9 Å². The maximum atomic E-state index is 13.1. The van der Waals surface area contributed by atoms with Gasteiger partial charge >= 0.3 is 5.97 Å². The standard InChI is InChI=1S/C25H23NO5/c1-16-12-17(2)14-19(13-16)26-24(27)23(18-8-4-3-5-9-18)31-25(28)22-15-29-20-10-6-7-11-21(20)30-22/h3-14,22-23H,15H2,1-2H3,(H,26,27). The van der Waals surface area contributed by atoms with E-state index in [1.165, 1.54) is 0 Å². The number of anilines is 1. The Labute approximate surface area is 180 Å². The van der Waals surface area contributed by atoms with Crippen LogP contribution in [0.3, 0.4) is 0 Å². The molecule has 3 aromatic rings. The number of rotatable bonds is 5. The van der Waals surface area contributed by atoms with E-state index in [0.29, 0.717) is 22.7 Å². The van der Waals surface area contributed by atoms with Gasteiger partial charge in [-0.05, 0) is 49.2 Å². The van der Waals surface area contributed by atoms with Crippen LogP contribution in [0.5, 0.6) is 11.5 Å². The molecule has 2 unspecified atom stereocenters. The van der Waals surface area contributed by atoms with Gasteiger partial charge in [-0.3, -0.25) is 4.79 Å². The third kappa shape index (κ3) is 4.86. The molecule has 1 heterocycles. The Morgan fingerprint density at radius 3 is 2.29 bits per heavy atom. The molecule has 158 valence electrons. The number of hydrogen-bond acceptors (Lipinski definition) is 5. The van der Waals surface area contributed by atoms with Crippen LogP contribution in [0.4, 0.5) is 5.69 Å². The summed E-state index contributed by atoms with van der Waals surface area (Å²) < 4.78 is 17.0. The molecule has 2 atom stereocenters. The molecule has 0 radical (unpaired) electrons. The van der Waals surface area contributed by atoms with Crippen molar-refractivity contribution in [3.05, 3.63) is 89.5 Å². The first-order valence-corrected chi connectivity index (χ1v) is 10.0. The van der Waals surface area contributed by atoms with E-state index in [-0.39, 0.29) is 6.61 Å². The van der Waals surface area contributed by atoms with Crippen LogP contribution in [0.1, 0.15) is 22.8 Å². The molecule has 6 nitrogen and oxygen atoms in total. The quantitative estimate of drug-likeness (QED) is 0.624. The van der Waals surface area contributed by atoms with Gasteiger partial charge < -0.3 is 19.5 Å². The van der Waals surface area contributed by atoms with Crippen LogP contribution in [0.15, 0.2) is 72.8 Å². The molecule has 31 heavy (non-hydrogen) atoms. The number of ether oxygens (including phenoxy) is 3. The van der Waals surface area contributed by atoms with Gasteiger partial charge in [0.05, 0.1) is 0 Å². The van der Waals surface area contributed by atoms with Crippen LogP contribution in [0.2, 0.25) is 0 Å². The third-order valence-electron chi connectivity index (χ3n) is 4.84. The monoisotopic (exact) mass is 417 g/mol. The van der Waals surface area contributed by atoms with Gasteiger partial charge in [-0.25, -0.2) is 4.79 Å². The lowest BCUT2D eigenvalue weighted by molar-refractivity contribution is -0.164. The molecular formula is C25H23NO5. The largest absolute Gasteiger partial charge is 0.485 e. The van der Waals surface area contributed by atoms with Crippen LogP contribution >= 0.6 is 0 Å². The van der Waals surface area contributed by atoms with E-state index >= 15 is 0 Å². The van der Waals surface area contributed by atoms with E-state index in [1.807, 2.05) is 44.2 Å². The summed E-state index contributed by atoms with van der Waals surface area (Å²) >= 11 is 0. The maximum absolute atomic E-state index is 13.1. The normalized spacial score (nSPS) is 15.6. The van der Waals surface area contributed by atoms with Crippen molar-refractivity contribution in [2.24, 2.45) is 0 Å². The lowest BCUT2D eigenvalue weighted by Crippen LogP contribution is -2.39. The summed E-state index contributed by atoms with van der Waals surface area (Å²) in [6.07, 6.45) is -2.09. The second-order valence-corrected chi connectivity index (χ2v) is 7.46. The summed E-state index contributed by atoms with van der Waals surface area (Å²) in [7, 11) is 0. The number of para-hydroxylation sites is 2.